The second kappa shape index (κ2) is 5.54. The monoisotopic (exact) mass is 288 g/mol. The van der Waals surface area contributed by atoms with Crippen molar-refractivity contribution in [3.05, 3.63) is 18.5 Å². The normalized spacial score (nSPS) is 28.8. The fourth-order valence-electron chi connectivity index (χ4n) is 3.89. The van der Waals surface area contributed by atoms with Crippen LogP contribution in [0.15, 0.2) is 18.5 Å². The summed E-state index contributed by atoms with van der Waals surface area (Å²) < 4.78 is 6.25. The predicted octanol–water partition coefficient (Wildman–Crippen LogP) is 1.56. The third-order valence-corrected chi connectivity index (χ3v) is 5.14. The van der Waals surface area contributed by atoms with Crippen LogP contribution in [0.2, 0.25) is 0 Å². The van der Waals surface area contributed by atoms with Gasteiger partial charge < -0.3 is 14.5 Å². The first-order chi connectivity index (χ1) is 10.3. The van der Waals surface area contributed by atoms with Gasteiger partial charge in [-0.2, -0.15) is 0 Å². The first kappa shape index (κ1) is 13.5. The van der Waals surface area contributed by atoms with Crippen LogP contribution in [0.3, 0.4) is 0 Å². The molecule has 3 aliphatic heterocycles. The van der Waals surface area contributed by atoms with Gasteiger partial charge in [-0.05, 0) is 50.8 Å². The Morgan fingerprint density at radius 2 is 1.95 bits per heavy atom. The van der Waals surface area contributed by atoms with Gasteiger partial charge >= 0.3 is 0 Å². The van der Waals surface area contributed by atoms with Crippen LogP contribution in [0.25, 0.3) is 0 Å². The highest BCUT2D eigenvalue weighted by molar-refractivity contribution is 5.36. The summed E-state index contributed by atoms with van der Waals surface area (Å²) >= 11 is 0. The Morgan fingerprint density at radius 1 is 1.19 bits per heavy atom. The van der Waals surface area contributed by atoms with Gasteiger partial charge in [0.05, 0.1) is 19.7 Å². The molecule has 21 heavy (non-hydrogen) atoms. The summed E-state index contributed by atoms with van der Waals surface area (Å²) in [6.07, 6.45) is 8.87. The minimum atomic E-state index is 0.0840. The molecule has 1 aromatic rings. The van der Waals surface area contributed by atoms with Crippen molar-refractivity contribution in [3.63, 3.8) is 0 Å². The van der Waals surface area contributed by atoms with Gasteiger partial charge in [-0.3, -0.25) is 0 Å². The molecule has 3 aliphatic rings. The van der Waals surface area contributed by atoms with Crippen molar-refractivity contribution < 1.29 is 4.74 Å². The van der Waals surface area contributed by atoms with E-state index in [-0.39, 0.29) is 5.60 Å². The number of nitrogens with zero attached hydrogens (tertiary/aromatic N) is 4. The highest BCUT2D eigenvalue weighted by Gasteiger charge is 2.47. The maximum atomic E-state index is 6.25. The van der Waals surface area contributed by atoms with Gasteiger partial charge in [0.15, 0.2) is 0 Å². The van der Waals surface area contributed by atoms with E-state index in [4.69, 9.17) is 4.74 Å². The summed E-state index contributed by atoms with van der Waals surface area (Å²) in [6, 6.07) is 1.86. The van der Waals surface area contributed by atoms with Gasteiger partial charge in [0.2, 0.25) is 5.95 Å². The van der Waals surface area contributed by atoms with E-state index in [9.17, 15) is 0 Å². The molecule has 0 N–H and O–H groups in total. The molecule has 5 nitrogen and oxygen atoms in total. The molecule has 0 saturated carbocycles. The van der Waals surface area contributed by atoms with E-state index >= 15 is 0 Å². The van der Waals surface area contributed by atoms with E-state index < -0.39 is 0 Å². The Bertz CT molecular complexity index is 458. The summed E-state index contributed by atoms with van der Waals surface area (Å²) in [4.78, 5) is 13.5. The highest BCUT2D eigenvalue weighted by Crippen LogP contribution is 2.37. The molecule has 114 valence electrons. The van der Waals surface area contributed by atoms with E-state index in [1.54, 1.807) is 12.4 Å². The third kappa shape index (κ3) is 2.77. The lowest BCUT2D eigenvalue weighted by Crippen LogP contribution is -2.65. The molecule has 5 heteroatoms. The minimum absolute atomic E-state index is 0.0840. The molecule has 1 aromatic heterocycles. The number of ether oxygens (including phenoxy) is 1. The van der Waals surface area contributed by atoms with Crippen LogP contribution in [-0.2, 0) is 4.74 Å². The standard InChI is InChI=1S/C16H24N4O/c1-2-9-19(8-1)10-14-4-5-16(21-11-14)12-20(13-16)15-17-6-3-7-18-15/h3,6-7,14H,1-2,4-5,8-13H2/t14-/m1/s1. The Hall–Kier alpha value is -1.20. The lowest BCUT2D eigenvalue weighted by molar-refractivity contribution is -0.119. The molecule has 0 unspecified atom stereocenters. The molecule has 0 aliphatic carbocycles. The Morgan fingerprint density at radius 3 is 2.62 bits per heavy atom. The summed E-state index contributed by atoms with van der Waals surface area (Å²) in [5, 5.41) is 0. The number of hydrogen-bond acceptors (Lipinski definition) is 5. The quantitative estimate of drug-likeness (QED) is 0.844. The first-order valence-corrected chi connectivity index (χ1v) is 8.21. The molecule has 1 atom stereocenters. The van der Waals surface area contributed by atoms with Gasteiger partial charge in [0.25, 0.3) is 0 Å². The molecule has 4 heterocycles. The molecule has 0 aromatic carbocycles. The topological polar surface area (TPSA) is 41.5 Å². The van der Waals surface area contributed by atoms with Gasteiger partial charge in [-0.1, -0.05) is 0 Å². The van der Waals surface area contributed by atoms with Crippen molar-refractivity contribution in [1.29, 1.82) is 0 Å². The van der Waals surface area contributed by atoms with E-state index in [1.807, 2.05) is 6.07 Å². The fraction of sp³-hybridized carbons (Fsp3) is 0.750. The van der Waals surface area contributed by atoms with E-state index in [0.29, 0.717) is 0 Å². The summed E-state index contributed by atoms with van der Waals surface area (Å²) in [5.41, 5.74) is 0.0840. The fourth-order valence-corrected chi connectivity index (χ4v) is 3.89. The van der Waals surface area contributed by atoms with Crippen LogP contribution in [0.5, 0.6) is 0 Å². The zero-order valence-corrected chi connectivity index (χ0v) is 12.6. The van der Waals surface area contributed by atoms with Crippen molar-refractivity contribution in [2.45, 2.75) is 31.3 Å². The number of rotatable bonds is 3. The second-order valence-corrected chi connectivity index (χ2v) is 6.81. The minimum Gasteiger partial charge on any atom is -0.371 e. The maximum Gasteiger partial charge on any atom is 0.225 e. The van der Waals surface area contributed by atoms with Crippen molar-refractivity contribution in [2.24, 2.45) is 5.92 Å². The van der Waals surface area contributed by atoms with Crippen LogP contribution >= 0.6 is 0 Å². The molecule has 0 bridgehead atoms. The lowest BCUT2D eigenvalue weighted by atomic mass is 9.83. The first-order valence-electron chi connectivity index (χ1n) is 8.21. The average molecular weight is 288 g/mol. The lowest BCUT2D eigenvalue weighted by Gasteiger charge is -2.52. The van der Waals surface area contributed by atoms with Crippen LogP contribution < -0.4 is 4.90 Å². The van der Waals surface area contributed by atoms with Crippen molar-refractivity contribution in [2.75, 3.05) is 44.2 Å². The van der Waals surface area contributed by atoms with Crippen LogP contribution in [0, 0.1) is 5.92 Å². The summed E-state index contributed by atoms with van der Waals surface area (Å²) in [6.45, 7) is 6.66. The average Bonchev–Trinajstić information content (AvgIpc) is 3.00. The number of aromatic nitrogens is 2. The Balaban J connectivity index is 1.26. The van der Waals surface area contributed by atoms with Crippen molar-refractivity contribution >= 4 is 5.95 Å². The zero-order chi connectivity index (χ0) is 14.1. The zero-order valence-electron chi connectivity index (χ0n) is 12.6. The van der Waals surface area contributed by atoms with Gasteiger partial charge in [0.1, 0.15) is 5.60 Å². The molecule has 4 rings (SSSR count). The Kier molecular flexibility index (Phi) is 3.55. The SMILES string of the molecule is c1cnc(N2CC3(CC[C@H](CN4CCCC4)CO3)C2)nc1. The summed E-state index contributed by atoms with van der Waals surface area (Å²) in [7, 11) is 0. The summed E-state index contributed by atoms with van der Waals surface area (Å²) in [5.74, 6) is 1.57. The molecular weight excluding hydrogens is 264 g/mol. The molecule has 0 amide bonds. The van der Waals surface area contributed by atoms with Crippen molar-refractivity contribution in [1.82, 2.24) is 14.9 Å². The van der Waals surface area contributed by atoms with E-state index in [2.05, 4.69) is 19.8 Å². The highest BCUT2D eigenvalue weighted by atomic mass is 16.5. The van der Waals surface area contributed by atoms with Crippen LogP contribution in [0.1, 0.15) is 25.7 Å². The smallest absolute Gasteiger partial charge is 0.225 e. The molecule has 3 saturated heterocycles. The van der Waals surface area contributed by atoms with Crippen molar-refractivity contribution in [3.8, 4) is 0 Å². The number of likely N-dealkylation sites (tertiary alicyclic amines) is 1. The van der Waals surface area contributed by atoms with E-state index in [0.717, 1.165) is 31.6 Å². The van der Waals surface area contributed by atoms with Crippen LogP contribution in [-0.4, -0.2) is 59.8 Å². The van der Waals surface area contributed by atoms with Gasteiger partial charge in [-0.25, -0.2) is 9.97 Å². The molecule has 0 radical (unpaired) electrons. The second-order valence-electron chi connectivity index (χ2n) is 6.81. The molecule has 1 spiro atoms. The number of anilines is 1. The maximum absolute atomic E-state index is 6.25. The number of hydrogen-bond donors (Lipinski definition) is 0. The molecule has 3 fully saturated rings. The van der Waals surface area contributed by atoms with Gasteiger partial charge in [-0.15, -0.1) is 0 Å². The molecular formula is C16H24N4O. The van der Waals surface area contributed by atoms with Crippen LogP contribution in [0.4, 0.5) is 5.95 Å². The predicted molar refractivity (Wildman–Crippen MR) is 81.3 cm³/mol. The van der Waals surface area contributed by atoms with Gasteiger partial charge in [0, 0.05) is 18.9 Å². The largest absolute Gasteiger partial charge is 0.371 e. The third-order valence-electron chi connectivity index (χ3n) is 5.14. The van der Waals surface area contributed by atoms with E-state index in [1.165, 1.54) is 45.3 Å². The Labute approximate surface area is 126 Å².